The number of carbonyl (C=O) groups is 2. The summed E-state index contributed by atoms with van der Waals surface area (Å²) in [6, 6.07) is 14.4. The number of nitrogens with one attached hydrogen (secondary N) is 4. The fourth-order valence-electron chi connectivity index (χ4n) is 3.20. The van der Waals surface area contributed by atoms with Gasteiger partial charge in [-0.3, -0.25) is 14.8 Å². The van der Waals surface area contributed by atoms with Crippen LogP contribution in [0.4, 0.5) is 0 Å². The summed E-state index contributed by atoms with van der Waals surface area (Å²) in [5, 5.41) is 18.0. The van der Waals surface area contributed by atoms with Gasteiger partial charge in [-0.2, -0.15) is 0 Å². The topological polar surface area (TPSA) is 129 Å². The van der Waals surface area contributed by atoms with Crippen LogP contribution in [0, 0.1) is 11.8 Å². The molecule has 0 spiro atoms. The molecule has 1 fully saturated rings. The molecule has 0 bridgehead atoms. The lowest BCUT2D eigenvalue weighted by atomic mass is 10.1. The molecular formula is C24H31N5O3. The number of amides is 2. The molecule has 3 rings (SSSR count). The minimum Gasteiger partial charge on any atom is -0.339 e. The van der Waals surface area contributed by atoms with Gasteiger partial charge in [0.15, 0.2) is 0 Å². The molecule has 8 heteroatoms. The van der Waals surface area contributed by atoms with Crippen molar-refractivity contribution in [3.63, 3.8) is 0 Å². The summed E-state index contributed by atoms with van der Waals surface area (Å²) < 4.78 is 0. The maximum atomic E-state index is 12.2. The molecule has 2 aromatic rings. The van der Waals surface area contributed by atoms with E-state index in [4.69, 9.17) is 10.9 Å². The van der Waals surface area contributed by atoms with E-state index >= 15 is 0 Å². The normalized spacial score (nSPS) is 15.6. The lowest BCUT2D eigenvalue weighted by molar-refractivity contribution is -0.130. The Labute approximate surface area is 188 Å². The van der Waals surface area contributed by atoms with Crippen LogP contribution in [0.2, 0.25) is 0 Å². The van der Waals surface area contributed by atoms with E-state index in [-0.39, 0.29) is 14.0 Å². The van der Waals surface area contributed by atoms with Crippen LogP contribution in [0.5, 0.6) is 0 Å². The first kappa shape index (κ1) is 25.0. The van der Waals surface area contributed by atoms with Crippen LogP contribution in [0.15, 0.2) is 48.5 Å². The third kappa shape index (κ3) is 7.18. The van der Waals surface area contributed by atoms with Crippen LogP contribution < -0.4 is 27.2 Å². The molecule has 0 saturated carbocycles. The van der Waals surface area contributed by atoms with E-state index in [0.29, 0.717) is 11.6 Å². The summed E-state index contributed by atoms with van der Waals surface area (Å²) in [5.41, 5.74) is 10.2. The number of hydrogen-bond acceptors (Lipinski definition) is 6. The second-order valence-electron chi connectivity index (χ2n) is 7.33. The van der Waals surface area contributed by atoms with Gasteiger partial charge in [-0.15, -0.1) is 0 Å². The molecule has 1 heterocycles. The molecule has 0 radical (unpaired) electrons. The highest BCUT2D eigenvalue weighted by atomic mass is 16.5. The number of nitrogens with two attached hydrogens (primary N) is 1. The van der Waals surface area contributed by atoms with Crippen molar-refractivity contribution < 1.29 is 14.8 Å². The average molecular weight is 438 g/mol. The summed E-state index contributed by atoms with van der Waals surface area (Å²) in [6.07, 6.45) is 1.16. The van der Waals surface area contributed by atoms with Gasteiger partial charge >= 0.3 is 0 Å². The quantitative estimate of drug-likeness (QED) is 0.215. The molecule has 170 valence electrons. The SMILES string of the molecule is C.NC[C@H](NC(=O)c1ccc(C#Cc2ccc(CNC3CCNC3)cc2)cc1)C(=O)NO. The van der Waals surface area contributed by atoms with Gasteiger partial charge in [0.25, 0.3) is 11.8 Å². The minimum atomic E-state index is -1.01. The third-order valence-electron chi connectivity index (χ3n) is 5.08. The molecule has 1 saturated heterocycles. The molecule has 0 aliphatic carbocycles. The molecular weight excluding hydrogens is 406 g/mol. The van der Waals surface area contributed by atoms with Crippen molar-refractivity contribution in [2.75, 3.05) is 19.6 Å². The van der Waals surface area contributed by atoms with Crippen molar-refractivity contribution in [3.05, 3.63) is 70.8 Å². The molecule has 0 aromatic heterocycles. The predicted molar refractivity (Wildman–Crippen MR) is 124 cm³/mol. The minimum absolute atomic E-state index is 0. The first-order valence-corrected chi connectivity index (χ1v) is 10.2. The largest absolute Gasteiger partial charge is 0.339 e. The van der Waals surface area contributed by atoms with E-state index in [2.05, 4.69) is 39.9 Å². The zero-order valence-corrected chi connectivity index (χ0v) is 17.2. The summed E-state index contributed by atoms with van der Waals surface area (Å²) >= 11 is 0. The third-order valence-corrected chi connectivity index (χ3v) is 5.08. The molecule has 1 aliphatic heterocycles. The average Bonchev–Trinajstić information content (AvgIpc) is 3.34. The number of benzene rings is 2. The van der Waals surface area contributed by atoms with Crippen molar-refractivity contribution in [1.82, 2.24) is 21.4 Å². The molecule has 2 aromatic carbocycles. The van der Waals surface area contributed by atoms with Crippen LogP contribution >= 0.6 is 0 Å². The Morgan fingerprint density at radius 3 is 2.25 bits per heavy atom. The van der Waals surface area contributed by atoms with Crippen LogP contribution in [0.3, 0.4) is 0 Å². The van der Waals surface area contributed by atoms with E-state index in [0.717, 1.165) is 37.2 Å². The van der Waals surface area contributed by atoms with Gasteiger partial charge in [0, 0.05) is 42.4 Å². The number of carbonyl (C=O) groups excluding carboxylic acids is 2. The standard InChI is InChI=1S/C23H27N5O3.CH4/c24-13-21(23(30)28-31)27-22(29)19-9-7-17(8-10-19)2-1-16-3-5-18(6-4-16)14-26-20-11-12-25-15-20;/h3-10,20-21,25-26,31H,11-15,24H2,(H,27,29)(H,28,30);1H4/t20?,21-;/m0./s1. The highest BCUT2D eigenvalue weighted by Crippen LogP contribution is 2.07. The maximum Gasteiger partial charge on any atom is 0.267 e. The monoisotopic (exact) mass is 437 g/mol. The molecule has 2 amide bonds. The van der Waals surface area contributed by atoms with Gasteiger partial charge in [0.1, 0.15) is 6.04 Å². The Kier molecular flexibility index (Phi) is 9.85. The maximum absolute atomic E-state index is 12.2. The second kappa shape index (κ2) is 12.6. The fraction of sp³-hybridized carbons (Fsp3) is 0.333. The van der Waals surface area contributed by atoms with Crippen molar-refractivity contribution in [2.45, 2.75) is 32.5 Å². The Balaban J connectivity index is 0.00000363. The Morgan fingerprint density at radius 2 is 1.72 bits per heavy atom. The smallest absolute Gasteiger partial charge is 0.267 e. The predicted octanol–water partition coefficient (Wildman–Crippen LogP) is 0.737. The second-order valence-corrected chi connectivity index (χ2v) is 7.33. The Bertz CT molecular complexity index is 942. The van der Waals surface area contributed by atoms with Crippen molar-refractivity contribution >= 4 is 11.8 Å². The van der Waals surface area contributed by atoms with Crippen molar-refractivity contribution in [2.24, 2.45) is 5.73 Å². The van der Waals surface area contributed by atoms with Gasteiger partial charge in [0.2, 0.25) is 0 Å². The van der Waals surface area contributed by atoms with E-state index in [1.54, 1.807) is 24.3 Å². The molecule has 1 aliphatic rings. The fourth-order valence-corrected chi connectivity index (χ4v) is 3.20. The highest BCUT2D eigenvalue weighted by Gasteiger charge is 2.19. The van der Waals surface area contributed by atoms with Crippen molar-refractivity contribution in [3.8, 4) is 11.8 Å². The zero-order valence-electron chi connectivity index (χ0n) is 17.2. The Morgan fingerprint density at radius 1 is 1.09 bits per heavy atom. The van der Waals surface area contributed by atoms with Crippen LogP contribution in [0.25, 0.3) is 0 Å². The van der Waals surface area contributed by atoms with Gasteiger partial charge in [0.05, 0.1) is 0 Å². The number of hydrogen-bond donors (Lipinski definition) is 6. The number of rotatable bonds is 7. The van der Waals surface area contributed by atoms with E-state index < -0.39 is 17.9 Å². The first-order valence-electron chi connectivity index (χ1n) is 10.2. The first-order chi connectivity index (χ1) is 15.1. The van der Waals surface area contributed by atoms with Crippen molar-refractivity contribution in [1.29, 1.82) is 0 Å². The summed E-state index contributed by atoms with van der Waals surface area (Å²) in [6.45, 7) is 2.81. The van der Waals surface area contributed by atoms with E-state index in [1.807, 2.05) is 12.1 Å². The van der Waals surface area contributed by atoms with E-state index in [9.17, 15) is 9.59 Å². The van der Waals surface area contributed by atoms with E-state index in [1.165, 1.54) is 11.0 Å². The molecule has 1 unspecified atom stereocenters. The molecule has 2 atom stereocenters. The summed E-state index contributed by atoms with van der Waals surface area (Å²) in [5.74, 6) is 4.97. The molecule has 8 nitrogen and oxygen atoms in total. The van der Waals surface area contributed by atoms with Crippen LogP contribution in [-0.4, -0.2) is 48.7 Å². The van der Waals surface area contributed by atoms with Gasteiger partial charge < -0.3 is 21.7 Å². The summed E-state index contributed by atoms with van der Waals surface area (Å²) in [4.78, 5) is 23.6. The lowest BCUT2D eigenvalue weighted by Gasteiger charge is -2.14. The highest BCUT2D eigenvalue weighted by molar-refractivity contribution is 5.97. The van der Waals surface area contributed by atoms with Crippen LogP contribution in [-0.2, 0) is 11.3 Å². The Hall–Kier alpha value is -3.22. The summed E-state index contributed by atoms with van der Waals surface area (Å²) in [7, 11) is 0. The van der Waals surface area contributed by atoms with Gasteiger partial charge in [-0.1, -0.05) is 31.4 Å². The zero-order chi connectivity index (χ0) is 22.1. The van der Waals surface area contributed by atoms with Crippen LogP contribution in [0.1, 0.15) is 40.9 Å². The lowest BCUT2D eigenvalue weighted by Crippen LogP contribution is -2.50. The molecule has 7 N–H and O–H groups in total. The van der Waals surface area contributed by atoms with Gasteiger partial charge in [-0.25, -0.2) is 5.48 Å². The number of hydroxylamine groups is 1. The van der Waals surface area contributed by atoms with Gasteiger partial charge in [-0.05, 0) is 54.9 Å². The molecule has 32 heavy (non-hydrogen) atoms.